The monoisotopic (exact) mass is 250 g/mol. The summed E-state index contributed by atoms with van der Waals surface area (Å²) in [6.07, 6.45) is 0.938. The Balaban J connectivity index is 2.46. The van der Waals surface area contributed by atoms with Gasteiger partial charge in [-0.15, -0.1) is 0 Å². The van der Waals surface area contributed by atoms with Crippen LogP contribution in [0, 0.1) is 0 Å². The minimum Gasteiger partial charge on any atom is -0.496 e. The molecule has 0 amide bonds. The second-order valence-corrected chi connectivity index (χ2v) is 5.21. The molecule has 4 heteroatoms. The van der Waals surface area contributed by atoms with E-state index in [-0.39, 0.29) is 6.42 Å². The topological polar surface area (TPSA) is 55.8 Å². The molecule has 18 heavy (non-hydrogen) atoms. The van der Waals surface area contributed by atoms with Crippen LogP contribution in [0.3, 0.4) is 0 Å². The molecule has 2 rings (SSSR count). The Morgan fingerprint density at radius 2 is 2.22 bits per heavy atom. The van der Waals surface area contributed by atoms with E-state index in [0.29, 0.717) is 6.61 Å². The van der Waals surface area contributed by atoms with Crippen LogP contribution in [0.5, 0.6) is 11.5 Å². The molecule has 0 aromatic heterocycles. The molecule has 0 fully saturated rings. The van der Waals surface area contributed by atoms with Crippen molar-refractivity contribution in [3.63, 3.8) is 0 Å². The maximum atomic E-state index is 10.9. The molecule has 1 aliphatic heterocycles. The van der Waals surface area contributed by atoms with Gasteiger partial charge in [0.2, 0.25) is 0 Å². The van der Waals surface area contributed by atoms with E-state index >= 15 is 0 Å². The zero-order valence-electron chi connectivity index (χ0n) is 10.9. The van der Waals surface area contributed by atoms with E-state index in [1.165, 1.54) is 0 Å². The zero-order chi connectivity index (χ0) is 13.3. The second kappa shape index (κ2) is 4.52. The Morgan fingerprint density at radius 1 is 1.50 bits per heavy atom. The van der Waals surface area contributed by atoms with Gasteiger partial charge in [0, 0.05) is 23.0 Å². The first-order chi connectivity index (χ1) is 8.44. The number of carboxylic acid groups (broad SMARTS) is 1. The highest BCUT2D eigenvalue weighted by molar-refractivity contribution is 5.69. The van der Waals surface area contributed by atoms with Crippen LogP contribution in [0.4, 0.5) is 0 Å². The van der Waals surface area contributed by atoms with Gasteiger partial charge in [-0.25, -0.2) is 0 Å². The molecule has 0 spiro atoms. The van der Waals surface area contributed by atoms with Crippen molar-refractivity contribution >= 4 is 5.97 Å². The van der Waals surface area contributed by atoms with Crippen LogP contribution in [0.2, 0.25) is 0 Å². The standard InChI is InChI=1S/C14H18O4/c1-14(2,8-13(15)16)10-7-11-9(4-5-18-11)6-12(10)17-3/h6-7H,4-5,8H2,1-3H3,(H,15,16). The van der Waals surface area contributed by atoms with Gasteiger partial charge in [-0.3, -0.25) is 4.79 Å². The number of hydrogen-bond donors (Lipinski definition) is 1. The third-order valence-electron chi connectivity index (χ3n) is 3.33. The van der Waals surface area contributed by atoms with E-state index in [2.05, 4.69) is 0 Å². The van der Waals surface area contributed by atoms with Crippen molar-refractivity contribution in [2.24, 2.45) is 0 Å². The first-order valence-corrected chi connectivity index (χ1v) is 6.00. The first-order valence-electron chi connectivity index (χ1n) is 6.00. The summed E-state index contributed by atoms with van der Waals surface area (Å²) in [5.41, 5.74) is 1.52. The zero-order valence-corrected chi connectivity index (χ0v) is 10.9. The van der Waals surface area contributed by atoms with Gasteiger partial charge in [0.15, 0.2) is 0 Å². The minimum atomic E-state index is -0.816. The number of carboxylic acids is 1. The first kappa shape index (κ1) is 12.7. The molecule has 1 aromatic carbocycles. The summed E-state index contributed by atoms with van der Waals surface area (Å²) in [5, 5.41) is 9.00. The van der Waals surface area contributed by atoms with Gasteiger partial charge in [-0.1, -0.05) is 13.8 Å². The summed E-state index contributed by atoms with van der Waals surface area (Å²) < 4.78 is 10.9. The summed E-state index contributed by atoms with van der Waals surface area (Å²) in [5.74, 6) is 0.776. The number of aliphatic carboxylic acids is 1. The molecule has 98 valence electrons. The van der Waals surface area contributed by atoms with Crippen LogP contribution < -0.4 is 9.47 Å². The van der Waals surface area contributed by atoms with Gasteiger partial charge < -0.3 is 14.6 Å². The van der Waals surface area contributed by atoms with Crippen LogP contribution in [-0.2, 0) is 16.6 Å². The number of hydrogen-bond acceptors (Lipinski definition) is 3. The lowest BCUT2D eigenvalue weighted by atomic mass is 9.80. The third kappa shape index (κ3) is 2.28. The number of carbonyl (C=O) groups is 1. The van der Waals surface area contributed by atoms with Crippen molar-refractivity contribution in [2.45, 2.75) is 32.1 Å². The van der Waals surface area contributed by atoms with Crippen molar-refractivity contribution < 1.29 is 19.4 Å². The van der Waals surface area contributed by atoms with Gasteiger partial charge in [-0.05, 0) is 12.1 Å². The maximum absolute atomic E-state index is 10.9. The van der Waals surface area contributed by atoms with Crippen LogP contribution >= 0.6 is 0 Å². The van der Waals surface area contributed by atoms with Crippen molar-refractivity contribution in [2.75, 3.05) is 13.7 Å². The Morgan fingerprint density at radius 3 is 2.83 bits per heavy atom. The Bertz CT molecular complexity index is 477. The number of benzene rings is 1. The molecule has 0 saturated carbocycles. The fourth-order valence-corrected chi connectivity index (χ4v) is 2.37. The lowest BCUT2D eigenvalue weighted by Crippen LogP contribution is -2.22. The Labute approximate surface area is 107 Å². The number of ether oxygens (including phenoxy) is 2. The predicted molar refractivity (Wildman–Crippen MR) is 67.5 cm³/mol. The van der Waals surface area contributed by atoms with E-state index in [0.717, 1.165) is 29.0 Å². The predicted octanol–water partition coefficient (Wildman–Crippen LogP) is 2.38. The summed E-state index contributed by atoms with van der Waals surface area (Å²) in [4.78, 5) is 10.9. The van der Waals surface area contributed by atoms with Crippen LogP contribution in [0.1, 0.15) is 31.4 Å². The number of rotatable bonds is 4. The highest BCUT2D eigenvalue weighted by atomic mass is 16.5. The lowest BCUT2D eigenvalue weighted by molar-refractivity contribution is -0.138. The van der Waals surface area contributed by atoms with E-state index in [1.54, 1.807) is 7.11 Å². The van der Waals surface area contributed by atoms with E-state index in [1.807, 2.05) is 26.0 Å². The average molecular weight is 250 g/mol. The Hall–Kier alpha value is -1.71. The molecule has 0 atom stereocenters. The molecular weight excluding hydrogens is 232 g/mol. The molecule has 1 aliphatic rings. The quantitative estimate of drug-likeness (QED) is 0.891. The summed E-state index contributed by atoms with van der Waals surface area (Å²) in [6, 6.07) is 3.88. The number of fused-ring (bicyclic) bond motifs is 1. The third-order valence-corrected chi connectivity index (χ3v) is 3.33. The van der Waals surface area contributed by atoms with Gasteiger partial charge in [0.25, 0.3) is 0 Å². The normalized spacial score (nSPS) is 13.9. The van der Waals surface area contributed by atoms with Gasteiger partial charge in [-0.2, -0.15) is 0 Å². The highest BCUT2D eigenvalue weighted by Crippen LogP contribution is 2.40. The molecule has 1 N–H and O–H groups in total. The highest BCUT2D eigenvalue weighted by Gasteiger charge is 2.29. The second-order valence-electron chi connectivity index (χ2n) is 5.21. The van der Waals surface area contributed by atoms with Crippen molar-refractivity contribution in [1.29, 1.82) is 0 Å². The molecule has 0 radical (unpaired) electrons. The molecule has 0 unspecified atom stereocenters. The largest absolute Gasteiger partial charge is 0.496 e. The number of methoxy groups -OCH3 is 1. The van der Waals surface area contributed by atoms with E-state index in [9.17, 15) is 4.79 Å². The van der Waals surface area contributed by atoms with Gasteiger partial charge in [0.05, 0.1) is 20.1 Å². The Kier molecular flexibility index (Phi) is 3.20. The minimum absolute atomic E-state index is 0.0577. The SMILES string of the molecule is COc1cc2c(cc1C(C)(C)CC(=O)O)OCC2. The van der Waals surface area contributed by atoms with Crippen molar-refractivity contribution in [3.8, 4) is 11.5 Å². The molecular formula is C14H18O4. The average Bonchev–Trinajstić information content (AvgIpc) is 2.72. The van der Waals surface area contributed by atoms with Crippen molar-refractivity contribution in [3.05, 3.63) is 23.3 Å². The summed E-state index contributed by atoms with van der Waals surface area (Å²) >= 11 is 0. The summed E-state index contributed by atoms with van der Waals surface area (Å²) in [6.45, 7) is 4.49. The molecule has 1 heterocycles. The summed E-state index contributed by atoms with van der Waals surface area (Å²) in [7, 11) is 1.61. The molecule has 0 bridgehead atoms. The molecule has 0 aliphatic carbocycles. The molecule has 4 nitrogen and oxygen atoms in total. The van der Waals surface area contributed by atoms with E-state index < -0.39 is 11.4 Å². The van der Waals surface area contributed by atoms with E-state index in [4.69, 9.17) is 14.6 Å². The molecule has 0 saturated heterocycles. The van der Waals surface area contributed by atoms with Crippen molar-refractivity contribution in [1.82, 2.24) is 0 Å². The van der Waals surface area contributed by atoms with Crippen LogP contribution in [0.25, 0.3) is 0 Å². The van der Waals surface area contributed by atoms with Gasteiger partial charge in [0.1, 0.15) is 11.5 Å². The lowest BCUT2D eigenvalue weighted by Gasteiger charge is -2.26. The van der Waals surface area contributed by atoms with Crippen LogP contribution in [0.15, 0.2) is 12.1 Å². The fraction of sp³-hybridized carbons (Fsp3) is 0.500. The smallest absolute Gasteiger partial charge is 0.304 e. The van der Waals surface area contributed by atoms with Crippen LogP contribution in [-0.4, -0.2) is 24.8 Å². The molecule has 1 aromatic rings. The van der Waals surface area contributed by atoms with Gasteiger partial charge >= 0.3 is 5.97 Å². The maximum Gasteiger partial charge on any atom is 0.304 e. The fourth-order valence-electron chi connectivity index (χ4n) is 2.37.